The van der Waals surface area contributed by atoms with Crippen LogP contribution in [0.15, 0.2) is 42.5 Å². The van der Waals surface area contributed by atoms with E-state index < -0.39 is 6.04 Å². The van der Waals surface area contributed by atoms with E-state index in [-0.39, 0.29) is 17.7 Å². The summed E-state index contributed by atoms with van der Waals surface area (Å²) >= 11 is 5.98. The summed E-state index contributed by atoms with van der Waals surface area (Å²) in [6, 6.07) is 11.9. The highest BCUT2D eigenvalue weighted by Crippen LogP contribution is 2.29. The van der Waals surface area contributed by atoms with E-state index in [4.69, 9.17) is 11.6 Å². The van der Waals surface area contributed by atoms with Gasteiger partial charge in [0.05, 0.1) is 0 Å². The van der Waals surface area contributed by atoms with Crippen LogP contribution in [0.4, 0.5) is 5.69 Å². The Balaban J connectivity index is 1.66. The van der Waals surface area contributed by atoms with Crippen molar-refractivity contribution in [2.45, 2.75) is 45.2 Å². The number of fused-ring (bicyclic) bond motifs is 1. The van der Waals surface area contributed by atoms with Gasteiger partial charge in [0.15, 0.2) is 0 Å². The van der Waals surface area contributed by atoms with Crippen molar-refractivity contribution in [1.29, 1.82) is 0 Å². The molecule has 3 amide bonds. The van der Waals surface area contributed by atoms with Crippen molar-refractivity contribution < 1.29 is 14.4 Å². The molecule has 0 radical (unpaired) electrons. The van der Waals surface area contributed by atoms with E-state index in [2.05, 4.69) is 5.32 Å². The van der Waals surface area contributed by atoms with Crippen LogP contribution in [0.25, 0.3) is 0 Å². The molecule has 2 heterocycles. The second-order valence-electron chi connectivity index (χ2n) is 8.08. The fourth-order valence-corrected chi connectivity index (χ4v) is 4.38. The molecule has 31 heavy (non-hydrogen) atoms. The summed E-state index contributed by atoms with van der Waals surface area (Å²) < 4.78 is 0. The van der Waals surface area contributed by atoms with Gasteiger partial charge >= 0.3 is 0 Å². The van der Waals surface area contributed by atoms with Crippen molar-refractivity contribution in [1.82, 2.24) is 9.80 Å². The van der Waals surface area contributed by atoms with Crippen molar-refractivity contribution in [2.75, 3.05) is 18.4 Å². The number of benzene rings is 2. The van der Waals surface area contributed by atoms with Crippen LogP contribution in [0.2, 0.25) is 5.02 Å². The van der Waals surface area contributed by atoms with E-state index in [0.29, 0.717) is 35.7 Å². The Morgan fingerprint density at radius 3 is 2.42 bits per heavy atom. The number of halogens is 1. The zero-order chi connectivity index (χ0) is 22.0. The van der Waals surface area contributed by atoms with Gasteiger partial charge in [-0.25, -0.2) is 0 Å². The average Bonchev–Trinajstić information content (AvgIpc) is 3.32. The third-order valence-corrected chi connectivity index (χ3v) is 6.25. The molecule has 0 bridgehead atoms. The van der Waals surface area contributed by atoms with E-state index in [1.54, 1.807) is 36.1 Å². The molecule has 1 fully saturated rings. The fourth-order valence-electron chi connectivity index (χ4n) is 4.25. The highest BCUT2D eigenvalue weighted by molar-refractivity contribution is 6.30. The van der Waals surface area contributed by atoms with E-state index in [9.17, 15) is 14.4 Å². The zero-order valence-corrected chi connectivity index (χ0v) is 18.3. The lowest BCUT2D eigenvalue weighted by Crippen LogP contribution is -2.53. The van der Waals surface area contributed by atoms with Crippen molar-refractivity contribution in [2.24, 2.45) is 0 Å². The summed E-state index contributed by atoms with van der Waals surface area (Å²) in [6.07, 6.45) is 2.86. The first kappa shape index (κ1) is 21.4. The van der Waals surface area contributed by atoms with E-state index in [0.717, 1.165) is 37.1 Å². The Labute approximate surface area is 187 Å². The smallest absolute Gasteiger partial charge is 0.254 e. The van der Waals surface area contributed by atoms with Crippen LogP contribution in [0.1, 0.15) is 47.7 Å². The number of amides is 3. The first-order chi connectivity index (χ1) is 15.0. The SMILES string of the molecule is CCC(=O)Nc1ccc2c(c1)CN(C(=O)c1ccc(Cl)cc1)[C@@H](C(=O)N1CCCC1)C2. The number of carbonyl (C=O) groups excluding carboxylic acids is 3. The number of carbonyl (C=O) groups is 3. The van der Waals surface area contributed by atoms with Gasteiger partial charge in [-0.15, -0.1) is 0 Å². The Morgan fingerprint density at radius 1 is 1.03 bits per heavy atom. The first-order valence-corrected chi connectivity index (χ1v) is 11.1. The lowest BCUT2D eigenvalue weighted by atomic mass is 9.92. The van der Waals surface area contributed by atoms with Gasteiger partial charge in [0.1, 0.15) is 6.04 Å². The van der Waals surface area contributed by atoms with E-state index in [1.807, 2.05) is 23.1 Å². The number of hydrogen-bond donors (Lipinski definition) is 1. The number of likely N-dealkylation sites (tertiary alicyclic amines) is 1. The van der Waals surface area contributed by atoms with Crippen LogP contribution in [0.3, 0.4) is 0 Å². The third kappa shape index (κ3) is 4.59. The van der Waals surface area contributed by atoms with Gasteiger partial charge < -0.3 is 15.1 Å². The molecule has 1 N–H and O–H groups in total. The minimum Gasteiger partial charge on any atom is -0.341 e. The van der Waals surface area contributed by atoms with Crippen LogP contribution in [-0.4, -0.2) is 46.7 Å². The minimum absolute atomic E-state index is 0.00817. The van der Waals surface area contributed by atoms with Gasteiger partial charge in [-0.05, 0) is 60.4 Å². The van der Waals surface area contributed by atoms with Crippen molar-refractivity contribution in [3.05, 3.63) is 64.2 Å². The summed E-state index contributed by atoms with van der Waals surface area (Å²) in [4.78, 5) is 42.0. The van der Waals surface area contributed by atoms with Gasteiger partial charge in [0, 0.05) is 48.7 Å². The Kier molecular flexibility index (Phi) is 6.28. The number of rotatable bonds is 4. The van der Waals surface area contributed by atoms with Crippen molar-refractivity contribution in [3.63, 3.8) is 0 Å². The molecule has 1 saturated heterocycles. The molecular weight excluding hydrogens is 414 g/mol. The number of hydrogen-bond acceptors (Lipinski definition) is 3. The summed E-state index contributed by atoms with van der Waals surface area (Å²) in [5.41, 5.74) is 3.19. The fraction of sp³-hybridized carbons (Fsp3) is 0.375. The second kappa shape index (κ2) is 9.10. The first-order valence-electron chi connectivity index (χ1n) is 10.7. The normalized spacial score (nSPS) is 17.9. The van der Waals surface area contributed by atoms with Crippen LogP contribution in [-0.2, 0) is 22.6 Å². The predicted molar refractivity (Wildman–Crippen MR) is 120 cm³/mol. The molecular formula is C24H26ClN3O3. The highest BCUT2D eigenvalue weighted by atomic mass is 35.5. The molecule has 4 rings (SSSR count). The molecule has 2 aliphatic rings. The topological polar surface area (TPSA) is 69.7 Å². The van der Waals surface area contributed by atoms with Gasteiger partial charge in [-0.2, -0.15) is 0 Å². The monoisotopic (exact) mass is 439 g/mol. The molecule has 162 valence electrons. The summed E-state index contributed by atoms with van der Waals surface area (Å²) in [5.74, 6) is -0.247. The zero-order valence-electron chi connectivity index (χ0n) is 17.6. The van der Waals surface area contributed by atoms with Crippen LogP contribution < -0.4 is 5.32 Å². The molecule has 0 aliphatic carbocycles. The Hall–Kier alpha value is -2.86. The molecule has 0 unspecified atom stereocenters. The maximum atomic E-state index is 13.4. The standard InChI is InChI=1S/C24H26ClN3O3/c1-2-22(29)26-20-10-7-17-14-21(24(31)27-11-3-4-12-27)28(15-18(17)13-20)23(30)16-5-8-19(25)9-6-16/h5-10,13,21H,2-4,11-12,14-15H2,1H3,(H,26,29)/t21-/m1/s1. The van der Waals surface area contributed by atoms with Gasteiger partial charge in [-0.3, -0.25) is 14.4 Å². The minimum atomic E-state index is -0.537. The van der Waals surface area contributed by atoms with Crippen LogP contribution in [0, 0.1) is 0 Å². The largest absolute Gasteiger partial charge is 0.341 e. The molecule has 0 saturated carbocycles. The molecule has 2 aromatic carbocycles. The van der Waals surface area contributed by atoms with Crippen LogP contribution in [0.5, 0.6) is 0 Å². The van der Waals surface area contributed by atoms with E-state index >= 15 is 0 Å². The molecule has 2 aliphatic heterocycles. The highest BCUT2D eigenvalue weighted by Gasteiger charge is 2.38. The number of anilines is 1. The predicted octanol–water partition coefficient (Wildman–Crippen LogP) is 3.88. The van der Waals surface area contributed by atoms with Gasteiger partial charge in [0.2, 0.25) is 11.8 Å². The molecule has 2 aromatic rings. The molecule has 1 atom stereocenters. The lowest BCUT2D eigenvalue weighted by molar-refractivity contribution is -0.135. The summed E-state index contributed by atoms with van der Waals surface area (Å²) in [6.45, 7) is 3.60. The van der Waals surface area contributed by atoms with Crippen molar-refractivity contribution >= 4 is 35.0 Å². The Morgan fingerprint density at radius 2 is 1.74 bits per heavy atom. The van der Waals surface area contributed by atoms with Gasteiger partial charge in [0.25, 0.3) is 5.91 Å². The Bertz CT molecular complexity index is 1000. The molecule has 0 spiro atoms. The van der Waals surface area contributed by atoms with Gasteiger partial charge in [-0.1, -0.05) is 24.6 Å². The third-order valence-electron chi connectivity index (χ3n) is 6.00. The van der Waals surface area contributed by atoms with E-state index in [1.165, 1.54) is 0 Å². The number of nitrogens with one attached hydrogen (secondary N) is 1. The second-order valence-corrected chi connectivity index (χ2v) is 8.51. The maximum Gasteiger partial charge on any atom is 0.254 e. The van der Waals surface area contributed by atoms with Crippen molar-refractivity contribution in [3.8, 4) is 0 Å². The maximum absolute atomic E-state index is 13.4. The quantitative estimate of drug-likeness (QED) is 0.786. The lowest BCUT2D eigenvalue weighted by Gasteiger charge is -2.38. The summed E-state index contributed by atoms with van der Waals surface area (Å²) in [7, 11) is 0. The number of nitrogens with zero attached hydrogens (tertiary/aromatic N) is 2. The summed E-state index contributed by atoms with van der Waals surface area (Å²) in [5, 5.41) is 3.43. The average molecular weight is 440 g/mol. The molecule has 6 nitrogen and oxygen atoms in total. The van der Waals surface area contributed by atoms with Crippen LogP contribution >= 0.6 is 11.6 Å². The molecule has 7 heteroatoms. The molecule has 0 aromatic heterocycles.